The van der Waals surface area contributed by atoms with Crippen LogP contribution in [0.1, 0.15) is 74.2 Å². The first kappa shape index (κ1) is 28.0. The number of aromatic nitrogens is 2. The number of ketones is 1. The van der Waals surface area contributed by atoms with Gasteiger partial charge in [-0.15, -0.1) is 0 Å². The van der Waals surface area contributed by atoms with Gasteiger partial charge in [-0.2, -0.15) is 5.10 Å². The lowest BCUT2D eigenvalue weighted by Crippen LogP contribution is -2.41. The molecule has 3 aliphatic rings. The van der Waals surface area contributed by atoms with Gasteiger partial charge in [-0.1, -0.05) is 18.2 Å². The molecule has 1 atom stereocenters. The lowest BCUT2D eigenvalue weighted by Gasteiger charge is -2.38. The zero-order valence-corrected chi connectivity index (χ0v) is 24.0. The molecule has 220 valence electrons. The summed E-state index contributed by atoms with van der Waals surface area (Å²) in [6.45, 7) is 2.22. The number of carbonyl (C=O) groups is 3. The molecular formula is C33H39N5O4. The van der Waals surface area contributed by atoms with Gasteiger partial charge in [0.2, 0.25) is 5.91 Å². The van der Waals surface area contributed by atoms with E-state index < -0.39 is 5.91 Å². The summed E-state index contributed by atoms with van der Waals surface area (Å²) < 4.78 is 7.90. The van der Waals surface area contributed by atoms with E-state index >= 15 is 0 Å². The van der Waals surface area contributed by atoms with Gasteiger partial charge >= 0.3 is 0 Å². The number of rotatable bonds is 8. The Bertz CT molecular complexity index is 1420. The third-order valence-corrected chi connectivity index (χ3v) is 9.18. The second-order valence-electron chi connectivity index (χ2n) is 11.8. The Morgan fingerprint density at radius 2 is 1.62 bits per heavy atom. The van der Waals surface area contributed by atoms with E-state index in [0.29, 0.717) is 59.7 Å². The Kier molecular flexibility index (Phi) is 8.26. The number of fused-ring (bicyclic) bond motifs is 1. The molecule has 2 amide bonds. The summed E-state index contributed by atoms with van der Waals surface area (Å²) in [7, 11) is 0. The highest BCUT2D eigenvalue weighted by molar-refractivity contribution is 6.03. The number of anilines is 1. The van der Waals surface area contributed by atoms with Gasteiger partial charge in [0.25, 0.3) is 5.91 Å². The Labute approximate surface area is 246 Å². The van der Waals surface area contributed by atoms with E-state index in [1.54, 1.807) is 0 Å². The number of benzene rings is 2. The van der Waals surface area contributed by atoms with Crippen molar-refractivity contribution in [1.82, 2.24) is 14.7 Å². The fraction of sp³-hybridized carbons (Fsp3) is 0.455. The summed E-state index contributed by atoms with van der Waals surface area (Å²) in [5.74, 6) is 3.07. The van der Waals surface area contributed by atoms with E-state index in [1.807, 2.05) is 64.2 Å². The van der Waals surface area contributed by atoms with Crippen LogP contribution in [0.3, 0.4) is 0 Å². The Hall–Kier alpha value is -4.14. The average molecular weight is 570 g/mol. The second-order valence-corrected chi connectivity index (χ2v) is 11.8. The molecule has 1 saturated heterocycles. The van der Waals surface area contributed by atoms with Crippen LogP contribution in [-0.4, -0.2) is 51.9 Å². The fourth-order valence-corrected chi connectivity index (χ4v) is 6.79. The van der Waals surface area contributed by atoms with E-state index in [1.165, 1.54) is 0 Å². The van der Waals surface area contributed by atoms with Crippen molar-refractivity contribution in [3.63, 3.8) is 0 Å². The number of piperidine rings is 1. The Morgan fingerprint density at radius 3 is 2.31 bits per heavy atom. The van der Waals surface area contributed by atoms with Gasteiger partial charge in [0.15, 0.2) is 0 Å². The maximum Gasteiger partial charge on any atom is 0.254 e. The topological polar surface area (TPSA) is 120 Å². The number of carbonyl (C=O) groups excluding carboxylic acids is 3. The third-order valence-electron chi connectivity index (χ3n) is 9.18. The van der Waals surface area contributed by atoms with Crippen molar-refractivity contribution in [3.8, 4) is 22.8 Å². The number of nitrogens with zero attached hydrogens (tertiary/aromatic N) is 3. The van der Waals surface area contributed by atoms with Gasteiger partial charge in [0.1, 0.15) is 34.4 Å². The third kappa shape index (κ3) is 6.05. The molecule has 0 radical (unpaired) electrons. The molecule has 1 aliphatic carbocycles. The van der Waals surface area contributed by atoms with E-state index in [9.17, 15) is 14.4 Å². The number of likely N-dealkylation sites (tertiary alicyclic amines) is 1. The molecule has 6 rings (SSSR count). The number of nitrogens with two attached hydrogens (primary N) is 1. The molecule has 0 spiro atoms. The van der Waals surface area contributed by atoms with Crippen molar-refractivity contribution in [3.05, 3.63) is 60.2 Å². The lowest BCUT2D eigenvalue weighted by atomic mass is 9.84. The van der Waals surface area contributed by atoms with Crippen LogP contribution in [0.5, 0.6) is 11.5 Å². The maximum atomic E-state index is 13.0. The summed E-state index contributed by atoms with van der Waals surface area (Å²) in [4.78, 5) is 39.2. The number of nitrogens with one attached hydrogen (secondary N) is 1. The molecule has 3 N–H and O–H groups in total. The van der Waals surface area contributed by atoms with Crippen LogP contribution in [0.4, 0.5) is 5.82 Å². The van der Waals surface area contributed by atoms with Crippen LogP contribution in [-0.2, 0) is 9.59 Å². The SMILES string of the molecule is NC(=O)c1c(-c2ccc(Oc3ccccc3)cc2)nn2c1NCC[C@H]2C1CCN(C(=O)CCC2CCC(=O)CC2)CC1. The molecule has 0 bridgehead atoms. The lowest BCUT2D eigenvalue weighted by molar-refractivity contribution is -0.133. The first-order valence-corrected chi connectivity index (χ1v) is 15.2. The van der Waals surface area contributed by atoms with Crippen LogP contribution in [0.15, 0.2) is 54.6 Å². The van der Waals surface area contributed by atoms with Crippen molar-refractivity contribution in [1.29, 1.82) is 0 Å². The molecule has 42 heavy (non-hydrogen) atoms. The summed E-state index contributed by atoms with van der Waals surface area (Å²) in [6.07, 6.45) is 7.35. The van der Waals surface area contributed by atoms with Crippen molar-refractivity contribution < 1.29 is 19.1 Å². The minimum atomic E-state index is -0.508. The van der Waals surface area contributed by atoms with Gasteiger partial charge in [-0.05, 0) is 86.8 Å². The largest absolute Gasteiger partial charge is 0.457 e. The van der Waals surface area contributed by atoms with Gasteiger partial charge in [0, 0.05) is 44.5 Å². The maximum absolute atomic E-state index is 13.0. The number of ether oxygens (including phenoxy) is 1. The quantitative estimate of drug-likeness (QED) is 0.366. The number of primary amides is 1. The van der Waals surface area contributed by atoms with Crippen molar-refractivity contribution in [2.75, 3.05) is 25.0 Å². The molecule has 2 aliphatic heterocycles. The van der Waals surface area contributed by atoms with Crippen LogP contribution < -0.4 is 15.8 Å². The zero-order valence-electron chi connectivity index (χ0n) is 24.0. The fourth-order valence-electron chi connectivity index (χ4n) is 6.79. The first-order chi connectivity index (χ1) is 20.5. The van der Waals surface area contributed by atoms with Gasteiger partial charge in [-0.25, -0.2) is 4.68 Å². The summed E-state index contributed by atoms with van der Waals surface area (Å²) in [5, 5.41) is 8.34. The van der Waals surface area contributed by atoms with Crippen molar-refractivity contribution >= 4 is 23.4 Å². The molecule has 3 heterocycles. The first-order valence-electron chi connectivity index (χ1n) is 15.2. The van der Waals surface area contributed by atoms with Gasteiger partial charge < -0.3 is 20.7 Å². The normalized spacial score (nSPS) is 19.7. The highest BCUT2D eigenvalue weighted by atomic mass is 16.5. The number of hydrogen-bond donors (Lipinski definition) is 2. The monoisotopic (exact) mass is 569 g/mol. The van der Waals surface area contributed by atoms with Crippen molar-refractivity contribution in [2.45, 2.75) is 63.8 Å². The van der Waals surface area contributed by atoms with Gasteiger partial charge in [-0.3, -0.25) is 14.4 Å². The average Bonchev–Trinajstić information content (AvgIpc) is 3.42. The Balaban J connectivity index is 1.12. The standard InChI is InChI=1S/C33H39N5O4/c34-32(41)30-31(24-9-13-27(14-10-24)42-26-4-2-1-3-5-26)36-38-28(16-19-35-33(30)38)23-17-20-37(21-18-23)29(40)15-8-22-6-11-25(39)12-7-22/h1-5,9-10,13-14,22-23,28,35H,6-8,11-12,15-21H2,(H2,34,41)/t28-/m0/s1. The minimum absolute atomic E-state index is 0.130. The smallest absolute Gasteiger partial charge is 0.254 e. The summed E-state index contributed by atoms with van der Waals surface area (Å²) in [6, 6.07) is 17.3. The van der Waals surface area contributed by atoms with Crippen LogP contribution >= 0.6 is 0 Å². The van der Waals surface area contributed by atoms with Crippen LogP contribution in [0, 0.1) is 11.8 Å². The molecular weight excluding hydrogens is 530 g/mol. The number of hydrogen-bond acceptors (Lipinski definition) is 6. The zero-order chi connectivity index (χ0) is 29.1. The molecule has 0 unspecified atom stereocenters. The molecule has 2 aromatic carbocycles. The van der Waals surface area contributed by atoms with E-state index in [2.05, 4.69) is 5.32 Å². The van der Waals surface area contributed by atoms with Crippen LogP contribution in [0.2, 0.25) is 0 Å². The number of Topliss-reactive ketones (excluding diaryl/α,β-unsaturated/α-hetero) is 1. The molecule has 1 aromatic heterocycles. The second kappa shape index (κ2) is 12.4. The predicted molar refractivity (Wildman–Crippen MR) is 160 cm³/mol. The van der Waals surface area contributed by atoms with E-state index in [4.69, 9.17) is 15.6 Å². The molecule has 9 heteroatoms. The molecule has 2 fully saturated rings. The summed E-state index contributed by atoms with van der Waals surface area (Å²) in [5.41, 5.74) is 7.68. The van der Waals surface area contributed by atoms with E-state index in [-0.39, 0.29) is 11.9 Å². The molecule has 1 saturated carbocycles. The van der Waals surface area contributed by atoms with Crippen molar-refractivity contribution in [2.24, 2.45) is 17.6 Å². The molecule has 9 nitrogen and oxygen atoms in total. The predicted octanol–water partition coefficient (Wildman–Crippen LogP) is 5.58. The Morgan fingerprint density at radius 1 is 0.929 bits per heavy atom. The summed E-state index contributed by atoms with van der Waals surface area (Å²) >= 11 is 0. The highest BCUT2D eigenvalue weighted by Gasteiger charge is 2.36. The van der Waals surface area contributed by atoms with Gasteiger partial charge in [0.05, 0.1) is 6.04 Å². The van der Waals surface area contributed by atoms with E-state index in [0.717, 1.165) is 69.5 Å². The number of amides is 2. The highest BCUT2D eigenvalue weighted by Crippen LogP contribution is 2.40. The van der Waals surface area contributed by atoms with Crippen LogP contribution in [0.25, 0.3) is 11.3 Å². The minimum Gasteiger partial charge on any atom is -0.457 e. The number of para-hydroxylation sites is 1. The molecule has 3 aromatic rings.